The highest BCUT2D eigenvalue weighted by Crippen LogP contribution is 2.30. The van der Waals surface area contributed by atoms with Gasteiger partial charge in [0, 0.05) is 12.0 Å². The van der Waals surface area contributed by atoms with Crippen LogP contribution in [0.15, 0.2) is 24.3 Å². The van der Waals surface area contributed by atoms with Crippen LogP contribution in [0.3, 0.4) is 0 Å². The van der Waals surface area contributed by atoms with Crippen LogP contribution < -0.4 is 10.1 Å². The maximum Gasteiger partial charge on any atom is 0.416 e. The van der Waals surface area contributed by atoms with Crippen LogP contribution in [0.1, 0.15) is 26.3 Å². The van der Waals surface area contributed by atoms with Gasteiger partial charge in [0.15, 0.2) is 0 Å². The number of rotatable bonds is 6. The van der Waals surface area contributed by atoms with E-state index in [-0.39, 0.29) is 5.41 Å². The molecule has 0 unspecified atom stereocenters. The minimum Gasteiger partial charge on any atom is -0.493 e. The van der Waals surface area contributed by atoms with Crippen molar-refractivity contribution in [1.29, 1.82) is 0 Å². The summed E-state index contributed by atoms with van der Waals surface area (Å²) in [6, 6.07) is 4.78. The molecule has 0 atom stereocenters. The summed E-state index contributed by atoms with van der Waals surface area (Å²) in [6.45, 7) is 8.23. The van der Waals surface area contributed by atoms with Crippen LogP contribution in [-0.4, -0.2) is 19.7 Å². The van der Waals surface area contributed by atoms with Crippen molar-refractivity contribution in [3.8, 4) is 5.75 Å². The van der Waals surface area contributed by atoms with Crippen LogP contribution in [0.25, 0.3) is 0 Å². The molecule has 1 N–H and O–H groups in total. The molecule has 108 valence electrons. The Morgan fingerprint density at radius 2 is 1.68 bits per heavy atom. The van der Waals surface area contributed by atoms with E-state index in [2.05, 4.69) is 5.32 Å². The highest BCUT2D eigenvalue weighted by Gasteiger charge is 2.30. The Labute approximate surface area is 112 Å². The van der Waals surface area contributed by atoms with Gasteiger partial charge in [-0.3, -0.25) is 0 Å². The third-order valence-corrected chi connectivity index (χ3v) is 2.66. The van der Waals surface area contributed by atoms with E-state index in [1.807, 2.05) is 20.8 Å². The molecule has 0 spiro atoms. The molecule has 1 rings (SSSR count). The molecule has 0 aliphatic rings. The van der Waals surface area contributed by atoms with Gasteiger partial charge < -0.3 is 10.1 Å². The first-order valence-electron chi connectivity index (χ1n) is 6.25. The molecule has 0 fully saturated rings. The van der Waals surface area contributed by atoms with Gasteiger partial charge in [0.1, 0.15) is 5.75 Å². The van der Waals surface area contributed by atoms with Crippen LogP contribution in [-0.2, 0) is 6.18 Å². The fraction of sp³-hybridized carbons (Fsp3) is 0.571. The molecule has 0 radical (unpaired) electrons. The van der Waals surface area contributed by atoms with Crippen molar-refractivity contribution in [3.05, 3.63) is 29.8 Å². The molecule has 0 saturated heterocycles. The molecule has 1 aromatic rings. The maximum atomic E-state index is 12.4. The largest absolute Gasteiger partial charge is 0.493 e. The quantitative estimate of drug-likeness (QED) is 0.854. The van der Waals surface area contributed by atoms with E-state index < -0.39 is 11.7 Å². The number of benzene rings is 1. The van der Waals surface area contributed by atoms with Crippen LogP contribution in [0.5, 0.6) is 5.75 Å². The van der Waals surface area contributed by atoms with Crippen molar-refractivity contribution in [3.63, 3.8) is 0 Å². The minimum atomic E-state index is -4.30. The Morgan fingerprint density at radius 3 is 2.16 bits per heavy atom. The van der Waals surface area contributed by atoms with Crippen LogP contribution >= 0.6 is 0 Å². The number of hydrogen-bond donors (Lipinski definition) is 1. The first kappa shape index (κ1) is 15.8. The average molecular weight is 275 g/mol. The summed E-state index contributed by atoms with van der Waals surface area (Å²) in [4.78, 5) is 0. The summed E-state index contributed by atoms with van der Waals surface area (Å²) >= 11 is 0. The summed E-state index contributed by atoms with van der Waals surface area (Å²) in [5.74, 6) is 0.456. The molecule has 2 nitrogen and oxygen atoms in total. The Hall–Kier alpha value is -1.23. The predicted octanol–water partition coefficient (Wildman–Crippen LogP) is 3.72. The van der Waals surface area contributed by atoms with Crippen LogP contribution in [0.4, 0.5) is 13.2 Å². The molecule has 0 amide bonds. The maximum absolute atomic E-state index is 12.4. The van der Waals surface area contributed by atoms with Gasteiger partial charge in [-0.05, 0) is 30.8 Å². The molecule has 0 aromatic heterocycles. The molecule has 0 heterocycles. The zero-order chi connectivity index (χ0) is 14.5. The molecule has 0 aliphatic heterocycles. The normalized spacial score (nSPS) is 12.5. The number of hydrogen-bond acceptors (Lipinski definition) is 2. The van der Waals surface area contributed by atoms with Gasteiger partial charge in [0.25, 0.3) is 0 Å². The Morgan fingerprint density at radius 1 is 1.11 bits per heavy atom. The van der Waals surface area contributed by atoms with E-state index >= 15 is 0 Å². The summed E-state index contributed by atoms with van der Waals surface area (Å²) in [5, 5.41) is 3.23. The predicted molar refractivity (Wildman–Crippen MR) is 69.3 cm³/mol. The van der Waals surface area contributed by atoms with Gasteiger partial charge in [0.2, 0.25) is 0 Å². The molecular formula is C14H20F3NO. The second kappa shape index (κ2) is 6.28. The lowest BCUT2D eigenvalue weighted by Gasteiger charge is -2.25. The third-order valence-electron chi connectivity index (χ3n) is 2.66. The molecule has 0 aliphatic carbocycles. The lowest BCUT2D eigenvalue weighted by Crippen LogP contribution is -2.34. The zero-order valence-corrected chi connectivity index (χ0v) is 11.5. The number of alkyl halides is 3. The Bertz CT molecular complexity index is 385. The number of halogens is 3. The molecule has 1 aromatic carbocycles. The smallest absolute Gasteiger partial charge is 0.416 e. The minimum absolute atomic E-state index is 0.0707. The number of ether oxygens (including phenoxy) is 1. The molecule has 0 saturated carbocycles. The molecule has 0 bridgehead atoms. The topological polar surface area (TPSA) is 21.3 Å². The van der Waals surface area contributed by atoms with Gasteiger partial charge in [-0.25, -0.2) is 0 Å². The summed E-state index contributed by atoms with van der Waals surface area (Å²) in [6.07, 6.45) is -4.30. The van der Waals surface area contributed by atoms with E-state index in [4.69, 9.17) is 4.74 Å². The van der Waals surface area contributed by atoms with Gasteiger partial charge in [-0.1, -0.05) is 20.8 Å². The second-order valence-electron chi connectivity index (χ2n) is 5.26. The highest BCUT2D eigenvalue weighted by molar-refractivity contribution is 5.28. The fourth-order valence-electron chi connectivity index (χ4n) is 1.53. The first-order chi connectivity index (χ1) is 8.74. The van der Waals surface area contributed by atoms with Gasteiger partial charge in [-0.2, -0.15) is 13.2 Å². The summed E-state index contributed by atoms with van der Waals surface area (Å²) in [7, 11) is 0. The van der Waals surface area contributed by atoms with Gasteiger partial charge in [-0.15, -0.1) is 0 Å². The Balaban J connectivity index is 2.54. The van der Waals surface area contributed by atoms with Gasteiger partial charge in [0.05, 0.1) is 12.2 Å². The van der Waals surface area contributed by atoms with E-state index in [0.717, 1.165) is 25.2 Å². The van der Waals surface area contributed by atoms with Crippen LogP contribution in [0.2, 0.25) is 0 Å². The van der Waals surface area contributed by atoms with Crippen molar-refractivity contribution in [2.24, 2.45) is 5.41 Å². The van der Waals surface area contributed by atoms with Crippen molar-refractivity contribution in [2.45, 2.75) is 26.9 Å². The van der Waals surface area contributed by atoms with Crippen molar-refractivity contribution in [1.82, 2.24) is 5.32 Å². The van der Waals surface area contributed by atoms with Crippen molar-refractivity contribution < 1.29 is 17.9 Å². The lowest BCUT2D eigenvalue weighted by atomic mass is 9.95. The molecule has 5 heteroatoms. The molecule has 19 heavy (non-hydrogen) atoms. The van der Waals surface area contributed by atoms with Gasteiger partial charge >= 0.3 is 6.18 Å². The number of nitrogens with one attached hydrogen (secondary N) is 1. The van der Waals surface area contributed by atoms with E-state index in [0.29, 0.717) is 12.4 Å². The van der Waals surface area contributed by atoms with E-state index in [1.54, 1.807) is 0 Å². The summed E-state index contributed by atoms with van der Waals surface area (Å²) in [5.41, 5.74) is -0.731. The first-order valence-corrected chi connectivity index (χ1v) is 6.25. The standard InChI is InChI=1S/C14H20F3NO/c1-4-18-9-13(2,3)10-19-12-7-5-11(6-8-12)14(15,16)17/h5-8,18H,4,9-10H2,1-3H3. The lowest BCUT2D eigenvalue weighted by molar-refractivity contribution is -0.137. The summed E-state index contributed by atoms with van der Waals surface area (Å²) < 4.78 is 42.7. The van der Waals surface area contributed by atoms with E-state index in [9.17, 15) is 13.2 Å². The Kier molecular flexibility index (Phi) is 5.23. The highest BCUT2D eigenvalue weighted by atomic mass is 19.4. The zero-order valence-electron chi connectivity index (χ0n) is 11.5. The average Bonchev–Trinajstić information content (AvgIpc) is 2.34. The third kappa shape index (κ3) is 5.51. The van der Waals surface area contributed by atoms with Crippen molar-refractivity contribution >= 4 is 0 Å². The second-order valence-corrected chi connectivity index (χ2v) is 5.26. The van der Waals surface area contributed by atoms with E-state index in [1.165, 1.54) is 12.1 Å². The fourth-order valence-corrected chi connectivity index (χ4v) is 1.53. The van der Waals surface area contributed by atoms with Crippen LogP contribution in [0, 0.1) is 5.41 Å². The monoisotopic (exact) mass is 275 g/mol. The molecular weight excluding hydrogens is 255 g/mol. The SMILES string of the molecule is CCNCC(C)(C)COc1ccc(C(F)(F)F)cc1. The van der Waals surface area contributed by atoms with Crippen molar-refractivity contribution in [2.75, 3.05) is 19.7 Å².